The molecule has 0 fully saturated rings. The van der Waals surface area contributed by atoms with Gasteiger partial charge in [0.1, 0.15) is 17.4 Å². The molecular weight excluding hydrogens is 430 g/mol. The lowest BCUT2D eigenvalue weighted by Crippen LogP contribution is -2.27. The van der Waals surface area contributed by atoms with Gasteiger partial charge in [-0.15, -0.1) is 0 Å². The second-order valence-electron chi connectivity index (χ2n) is 8.28. The molecule has 4 heterocycles. The van der Waals surface area contributed by atoms with E-state index < -0.39 is 0 Å². The number of nitrogens with one attached hydrogen (secondary N) is 2. The number of aromatic nitrogens is 4. The summed E-state index contributed by atoms with van der Waals surface area (Å²) in [7, 11) is 2.12. The molecule has 5 rings (SSSR count). The first-order valence-electron chi connectivity index (χ1n) is 11.0. The smallest absolute Gasteiger partial charge is 0.247 e. The first-order valence-corrected chi connectivity index (χ1v) is 11.0. The van der Waals surface area contributed by atoms with Gasteiger partial charge in [-0.05, 0) is 49.4 Å². The highest BCUT2D eigenvalue weighted by Gasteiger charge is 2.17. The zero-order chi connectivity index (χ0) is 23.7. The van der Waals surface area contributed by atoms with Gasteiger partial charge >= 0.3 is 0 Å². The van der Waals surface area contributed by atoms with E-state index in [1.54, 1.807) is 41.0 Å². The minimum Gasteiger partial charge on any atom is -0.439 e. The maximum Gasteiger partial charge on any atom is 0.247 e. The number of nitrogens with zero attached hydrogens (tertiary/aromatic N) is 5. The normalized spacial score (nSPS) is 13.4. The van der Waals surface area contributed by atoms with E-state index in [2.05, 4.69) is 45.3 Å². The summed E-state index contributed by atoms with van der Waals surface area (Å²) in [4.78, 5) is 23.5. The molecule has 1 aliphatic rings. The van der Waals surface area contributed by atoms with E-state index >= 15 is 0 Å². The van der Waals surface area contributed by atoms with Gasteiger partial charge in [-0.1, -0.05) is 12.6 Å². The monoisotopic (exact) mass is 455 g/mol. The molecule has 34 heavy (non-hydrogen) atoms. The van der Waals surface area contributed by atoms with Crippen LogP contribution in [0, 0.1) is 6.92 Å². The Morgan fingerprint density at radius 2 is 2.09 bits per heavy atom. The molecule has 2 N–H and O–H groups in total. The van der Waals surface area contributed by atoms with Crippen LogP contribution < -0.4 is 15.4 Å². The molecule has 1 aromatic carbocycles. The van der Waals surface area contributed by atoms with Crippen LogP contribution in [0.2, 0.25) is 0 Å². The Kier molecular flexibility index (Phi) is 5.69. The van der Waals surface area contributed by atoms with E-state index in [0.717, 1.165) is 36.6 Å². The first kappa shape index (κ1) is 21.6. The lowest BCUT2D eigenvalue weighted by molar-refractivity contribution is -0.111. The Morgan fingerprint density at radius 1 is 1.21 bits per heavy atom. The van der Waals surface area contributed by atoms with Gasteiger partial charge in [0, 0.05) is 49.1 Å². The average Bonchev–Trinajstić information content (AvgIpc) is 3.29. The van der Waals surface area contributed by atoms with Crippen LogP contribution in [0.5, 0.6) is 11.6 Å². The first-order chi connectivity index (χ1) is 16.5. The Morgan fingerprint density at radius 3 is 2.94 bits per heavy atom. The van der Waals surface area contributed by atoms with Crippen molar-refractivity contribution in [3.8, 4) is 11.6 Å². The van der Waals surface area contributed by atoms with Crippen molar-refractivity contribution in [2.24, 2.45) is 0 Å². The summed E-state index contributed by atoms with van der Waals surface area (Å²) in [5.41, 5.74) is 4.67. The Balaban J connectivity index is 1.45. The van der Waals surface area contributed by atoms with Crippen molar-refractivity contribution in [1.29, 1.82) is 0 Å². The fourth-order valence-corrected chi connectivity index (χ4v) is 3.95. The standard InChI is InChI=1S/C25H25N7O2/c1-4-23(33)27-18-6-5-7-19(13-18)34-24-14-21(29-22-8-10-26-32(22)24)30-25-16(2)12-17-15-31(3)11-9-20(17)28-25/h4-8,10,12-14H,1,9,11,15H2,2-3H3,(H,27,33)(H,28,29,30). The third kappa shape index (κ3) is 4.46. The summed E-state index contributed by atoms with van der Waals surface area (Å²) < 4.78 is 7.75. The number of rotatable bonds is 6. The Hall–Kier alpha value is -4.24. The second kappa shape index (κ2) is 8.95. The lowest BCUT2D eigenvalue weighted by Gasteiger charge is -2.25. The molecule has 0 saturated carbocycles. The molecular formula is C25H25N7O2. The maximum absolute atomic E-state index is 11.6. The molecule has 0 bridgehead atoms. The summed E-state index contributed by atoms with van der Waals surface area (Å²) in [6.07, 6.45) is 3.80. The van der Waals surface area contributed by atoms with Crippen molar-refractivity contribution in [2.45, 2.75) is 19.9 Å². The number of benzene rings is 1. The van der Waals surface area contributed by atoms with Crippen molar-refractivity contribution < 1.29 is 9.53 Å². The minimum absolute atomic E-state index is 0.290. The number of anilines is 3. The number of hydrogen-bond donors (Lipinski definition) is 2. The molecule has 0 atom stereocenters. The van der Waals surface area contributed by atoms with Crippen LogP contribution in [0.15, 0.2) is 61.3 Å². The summed E-state index contributed by atoms with van der Waals surface area (Å²) in [5, 5.41) is 10.4. The molecule has 0 unspecified atom stereocenters. The Labute approximate surface area is 197 Å². The van der Waals surface area contributed by atoms with Crippen molar-refractivity contribution in [3.63, 3.8) is 0 Å². The SMILES string of the molecule is C=CC(=O)Nc1cccc(Oc2cc(Nc3nc4c(cc3C)CN(C)CC4)nc3ccnn23)c1. The van der Waals surface area contributed by atoms with Gasteiger partial charge < -0.3 is 20.3 Å². The molecule has 4 aromatic rings. The largest absolute Gasteiger partial charge is 0.439 e. The molecule has 0 spiro atoms. The summed E-state index contributed by atoms with van der Waals surface area (Å²) in [6, 6.07) is 12.9. The third-order valence-corrected chi connectivity index (χ3v) is 5.63. The molecule has 9 heteroatoms. The molecule has 1 aliphatic heterocycles. The van der Waals surface area contributed by atoms with Crippen molar-refractivity contribution in [1.82, 2.24) is 24.5 Å². The predicted octanol–water partition coefficient (Wildman–Crippen LogP) is 4.08. The minimum atomic E-state index is -0.290. The van der Waals surface area contributed by atoms with Gasteiger partial charge in [0.2, 0.25) is 11.8 Å². The quantitative estimate of drug-likeness (QED) is 0.423. The van der Waals surface area contributed by atoms with Crippen molar-refractivity contribution in [3.05, 3.63) is 78.1 Å². The zero-order valence-corrected chi connectivity index (χ0v) is 19.1. The van der Waals surface area contributed by atoms with E-state index in [9.17, 15) is 4.79 Å². The van der Waals surface area contributed by atoms with Gasteiger partial charge in [0.05, 0.1) is 6.20 Å². The van der Waals surface area contributed by atoms with Gasteiger partial charge in [0.15, 0.2) is 5.65 Å². The predicted molar refractivity (Wildman–Crippen MR) is 131 cm³/mol. The van der Waals surface area contributed by atoms with Crippen LogP contribution in [0.1, 0.15) is 16.8 Å². The van der Waals surface area contributed by atoms with E-state index in [-0.39, 0.29) is 5.91 Å². The van der Waals surface area contributed by atoms with Crippen LogP contribution in [0.25, 0.3) is 5.65 Å². The lowest BCUT2D eigenvalue weighted by atomic mass is 10.0. The number of aryl methyl sites for hydroxylation is 1. The molecule has 172 valence electrons. The van der Waals surface area contributed by atoms with Crippen LogP contribution in [-0.2, 0) is 17.8 Å². The highest BCUT2D eigenvalue weighted by molar-refractivity contribution is 5.98. The molecule has 0 aliphatic carbocycles. The number of pyridine rings is 1. The van der Waals surface area contributed by atoms with Crippen LogP contribution in [-0.4, -0.2) is 44.0 Å². The molecule has 9 nitrogen and oxygen atoms in total. The van der Waals surface area contributed by atoms with Crippen molar-refractivity contribution >= 4 is 28.9 Å². The molecule has 1 amide bonds. The van der Waals surface area contributed by atoms with Crippen LogP contribution >= 0.6 is 0 Å². The van der Waals surface area contributed by atoms with E-state index in [1.807, 2.05) is 13.0 Å². The average molecular weight is 456 g/mol. The summed E-state index contributed by atoms with van der Waals surface area (Å²) in [5.74, 6) is 2.11. The van der Waals surface area contributed by atoms with Gasteiger partial charge in [-0.3, -0.25) is 4.79 Å². The maximum atomic E-state index is 11.6. The van der Waals surface area contributed by atoms with Gasteiger partial charge in [0.25, 0.3) is 0 Å². The second-order valence-corrected chi connectivity index (χ2v) is 8.28. The van der Waals surface area contributed by atoms with Crippen LogP contribution in [0.3, 0.4) is 0 Å². The van der Waals surface area contributed by atoms with E-state index in [4.69, 9.17) is 9.72 Å². The van der Waals surface area contributed by atoms with Crippen LogP contribution in [0.4, 0.5) is 17.3 Å². The van der Waals surface area contributed by atoms with Gasteiger partial charge in [-0.2, -0.15) is 9.61 Å². The number of carbonyl (C=O) groups excluding carboxylic acids is 1. The highest BCUT2D eigenvalue weighted by Crippen LogP contribution is 2.29. The third-order valence-electron chi connectivity index (χ3n) is 5.63. The van der Waals surface area contributed by atoms with E-state index in [0.29, 0.717) is 28.8 Å². The number of ether oxygens (including phenoxy) is 1. The summed E-state index contributed by atoms with van der Waals surface area (Å²) in [6.45, 7) is 7.42. The molecule has 3 aromatic heterocycles. The topological polar surface area (TPSA) is 96.7 Å². The molecule has 0 radical (unpaired) electrons. The fourth-order valence-electron chi connectivity index (χ4n) is 3.95. The number of likely N-dealkylation sites (N-methyl/N-ethyl adjacent to an activating group) is 1. The zero-order valence-electron chi connectivity index (χ0n) is 19.1. The number of amides is 1. The Bertz CT molecular complexity index is 1400. The fraction of sp³-hybridized carbons (Fsp3) is 0.200. The summed E-state index contributed by atoms with van der Waals surface area (Å²) >= 11 is 0. The van der Waals surface area contributed by atoms with Gasteiger partial charge in [-0.25, -0.2) is 9.97 Å². The number of fused-ring (bicyclic) bond motifs is 2. The van der Waals surface area contributed by atoms with Crippen molar-refractivity contribution in [2.75, 3.05) is 24.2 Å². The van der Waals surface area contributed by atoms with E-state index in [1.165, 1.54) is 11.6 Å². The number of carbonyl (C=O) groups is 1. The number of hydrogen-bond acceptors (Lipinski definition) is 7. The molecule has 0 saturated heterocycles. The highest BCUT2D eigenvalue weighted by atomic mass is 16.5.